The topological polar surface area (TPSA) is 78.8 Å². The number of sulfonamides is 1. The summed E-state index contributed by atoms with van der Waals surface area (Å²) in [6.45, 7) is 2.57. The Balaban J connectivity index is 1.97. The van der Waals surface area contributed by atoms with Gasteiger partial charge >= 0.3 is 0 Å². The van der Waals surface area contributed by atoms with Crippen molar-refractivity contribution >= 4 is 33.7 Å². The van der Waals surface area contributed by atoms with Crippen LogP contribution >= 0.6 is 11.6 Å². The third-order valence-electron chi connectivity index (χ3n) is 3.72. The van der Waals surface area contributed by atoms with Crippen LogP contribution in [0.4, 0.5) is 0 Å². The van der Waals surface area contributed by atoms with Gasteiger partial charge in [0.25, 0.3) is 0 Å². The first kappa shape index (κ1) is 17.9. The number of halogens is 1. The minimum absolute atomic E-state index is 0.154. The van der Waals surface area contributed by atoms with Crippen molar-refractivity contribution < 1.29 is 13.2 Å². The van der Waals surface area contributed by atoms with E-state index in [1.165, 1.54) is 16.4 Å². The molecule has 1 aliphatic heterocycles. The van der Waals surface area contributed by atoms with E-state index >= 15 is 0 Å². The Hall–Kier alpha value is -1.44. The van der Waals surface area contributed by atoms with Gasteiger partial charge in [-0.1, -0.05) is 18.5 Å². The SMILES string of the molecule is CC/C=N\NC(=O)C1CCN(S(=O)(=O)c2ccc(Cl)cc2)CC1. The van der Waals surface area contributed by atoms with Gasteiger partial charge in [0.2, 0.25) is 15.9 Å². The third-order valence-corrected chi connectivity index (χ3v) is 5.89. The predicted molar refractivity (Wildman–Crippen MR) is 89.9 cm³/mol. The quantitative estimate of drug-likeness (QED) is 0.648. The van der Waals surface area contributed by atoms with Crippen molar-refractivity contribution in [3.8, 4) is 0 Å². The van der Waals surface area contributed by atoms with Crippen LogP contribution < -0.4 is 5.43 Å². The summed E-state index contributed by atoms with van der Waals surface area (Å²) in [5.74, 6) is -0.362. The van der Waals surface area contributed by atoms with E-state index in [4.69, 9.17) is 11.6 Å². The molecular formula is C15H20ClN3O3S. The van der Waals surface area contributed by atoms with Crippen LogP contribution in [0.5, 0.6) is 0 Å². The number of hydrogen-bond donors (Lipinski definition) is 1. The Bertz CT molecular complexity index is 666. The molecule has 1 aromatic carbocycles. The lowest BCUT2D eigenvalue weighted by Crippen LogP contribution is -2.42. The van der Waals surface area contributed by atoms with E-state index in [9.17, 15) is 13.2 Å². The van der Waals surface area contributed by atoms with Crippen LogP contribution in [0.1, 0.15) is 26.2 Å². The van der Waals surface area contributed by atoms with Crippen LogP contribution in [0.3, 0.4) is 0 Å². The van der Waals surface area contributed by atoms with E-state index in [1.807, 2.05) is 6.92 Å². The van der Waals surface area contributed by atoms with E-state index in [-0.39, 0.29) is 16.7 Å². The summed E-state index contributed by atoms with van der Waals surface area (Å²) < 4.78 is 26.5. The van der Waals surface area contributed by atoms with Gasteiger partial charge in [-0.3, -0.25) is 4.79 Å². The van der Waals surface area contributed by atoms with Crippen molar-refractivity contribution in [1.29, 1.82) is 0 Å². The number of nitrogens with zero attached hydrogens (tertiary/aromatic N) is 2. The van der Waals surface area contributed by atoms with E-state index in [0.29, 0.717) is 31.0 Å². The Kier molecular flexibility index (Phi) is 6.15. The monoisotopic (exact) mass is 357 g/mol. The van der Waals surface area contributed by atoms with E-state index in [2.05, 4.69) is 10.5 Å². The normalized spacial score (nSPS) is 17.5. The minimum Gasteiger partial charge on any atom is -0.273 e. The molecular weight excluding hydrogens is 338 g/mol. The highest BCUT2D eigenvalue weighted by atomic mass is 35.5. The Morgan fingerprint density at radius 2 is 1.96 bits per heavy atom. The first-order valence-electron chi connectivity index (χ1n) is 7.52. The zero-order valence-corrected chi connectivity index (χ0v) is 14.5. The molecule has 0 saturated carbocycles. The first-order chi connectivity index (χ1) is 10.9. The second-order valence-corrected chi connectivity index (χ2v) is 7.70. The standard InChI is InChI=1S/C15H20ClN3O3S/c1-2-9-17-18-15(20)12-7-10-19(11-8-12)23(21,22)14-5-3-13(16)4-6-14/h3-6,9,12H,2,7-8,10-11H2,1H3,(H,18,20)/b17-9-. The van der Waals surface area contributed by atoms with Gasteiger partial charge in [-0.25, -0.2) is 13.8 Å². The molecule has 23 heavy (non-hydrogen) atoms. The van der Waals surface area contributed by atoms with Crippen molar-refractivity contribution in [1.82, 2.24) is 9.73 Å². The van der Waals surface area contributed by atoms with Crippen LogP contribution in [0.15, 0.2) is 34.3 Å². The van der Waals surface area contributed by atoms with Gasteiger partial charge in [-0.15, -0.1) is 0 Å². The van der Waals surface area contributed by atoms with Crippen molar-refractivity contribution in [2.75, 3.05) is 13.1 Å². The average Bonchev–Trinajstić information content (AvgIpc) is 2.55. The fourth-order valence-electron chi connectivity index (χ4n) is 2.41. The molecule has 0 bridgehead atoms. The van der Waals surface area contributed by atoms with Crippen molar-refractivity contribution in [3.63, 3.8) is 0 Å². The molecule has 8 heteroatoms. The summed E-state index contributed by atoms with van der Waals surface area (Å²) in [7, 11) is -3.54. The minimum atomic E-state index is -3.54. The second kappa shape index (κ2) is 7.90. The van der Waals surface area contributed by atoms with Gasteiger partial charge in [-0.05, 0) is 43.5 Å². The average molecular weight is 358 g/mol. The Morgan fingerprint density at radius 3 is 2.52 bits per heavy atom. The first-order valence-corrected chi connectivity index (χ1v) is 9.34. The van der Waals surface area contributed by atoms with Crippen LogP contribution in [0, 0.1) is 5.92 Å². The number of hydrazone groups is 1. The lowest BCUT2D eigenvalue weighted by molar-refractivity contribution is -0.126. The van der Waals surface area contributed by atoms with E-state index in [1.54, 1.807) is 18.3 Å². The van der Waals surface area contributed by atoms with Crippen LogP contribution in [-0.2, 0) is 14.8 Å². The highest BCUT2D eigenvalue weighted by molar-refractivity contribution is 7.89. The van der Waals surface area contributed by atoms with Gasteiger partial charge in [0.1, 0.15) is 0 Å². The Labute approximate surface area is 141 Å². The molecule has 1 aromatic rings. The molecule has 0 aromatic heterocycles. The maximum atomic E-state index is 12.5. The number of nitrogens with one attached hydrogen (secondary N) is 1. The molecule has 0 atom stereocenters. The van der Waals surface area contributed by atoms with E-state index in [0.717, 1.165) is 6.42 Å². The van der Waals surface area contributed by atoms with Gasteiger partial charge in [-0.2, -0.15) is 9.41 Å². The molecule has 1 heterocycles. The fourth-order valence-corrected chi connectivity index (χ4v) is 4.00. The summed E-state index contributed by atoms with van der Waals surface area (Å²) in [5.41, 5.74) is 2.49. The summed E-state index contributed by atoms with van der Waals surface area (Å²) in [4.78, 5) is 12.1. The van der Waals surface area contributed by atoms with Crippen LogP contribution in [0.25, 0.3) is 0 Å². The molecule has 126 valence electrons. The summed E-state index contributed by atoms with van der Waals surface area (Å²) in [5, 5.41) is 4.31. The lowest BCUT2D eigenvalue weighted by atomic mass is 9.98. The smallest absolute Gasteiger partial charge is 0.243 e. The van der Waals surface area contributed by atoms with Crippen molar-refractivity contribution in [2.24, 2.45) is 11.0 Å². The number of piperidine rings is 1. The zero-order chi connectivity index (χ0) is 16.9. The number of benzene rings is 1. The van der Waals surface area contributed by atoms with Crippen LogP contribution in [0.2, 0.25) is 5.02 Å². The molecule has 0 spiro atoms. The number of carbonyl (C=O) groups is 1. The lowest BCUT2D eigenvalue weighted by Gasteiger charge is -2.30. The zero-order valence-electron chi connectivity index (χ0n) is 12.9. The van der Waals surface area contributed by atoms with Gasteiger partial charge < -0.3 is 0 Å². The number of hydrogen-bond acceptors (Lipinski definition) is 4. The molecule has 1 N–H and O–H groups in total. The van der Waals surface area contributed by atoms with Gasteiger partial charge in [0.05, 0.1) is 4.90 Å². The fraction of sp³-hybridized carbons (Fsp3) is 0.467. The molecule has 1 amide bonds. The third kappa shape index (κ3) is 4.53. The molecule has 0 radical (unpaired) electrons. The highest BCUT2D eigenvalue weighted by Crippen LogP contribution is 2.24. The molecule has 1 aliphatic rings. The molecule has 2 rings (SSSR count). The highest BCUT2D eigenvalue weighted by Gasteiger charge is 2.31. The number of amides is 1. The van der Waals surface area contributed by atoms with E-state index < -0.39 is 10.0 Å². The largest absolute Gasteiger partial charge is 0.273 e. The van der Waals surface area contributed by atoms with Crippen molar-refractivity contribution in [2.45, 2.75) is 31.1 Å². The van der Waals surface area contributed by atoms with Crippen LogP contribution in [-0.4, -0.2) is 37.9 Å². The summed E-state index contributed by atoms with van der Waals surface area (Å²) >= 11 is 5.79. The number of rotatable bonds is 5. The second-order valence-electron chi connectivity index (χ2n) is 5.33. The number of carbonyl (C=O) groups excluding carboxylic acids is 1. The molecule has 0 aliphatic carbocycles. The molecule has 6 nitrogen and oxygen atoms in total. The maximum absolute atomic E-state index is 12.5. The molecule has 1 saturated heterocycles. The predicted octanol–water partition coefficient (Wildman–Crippen LogP) is 2.25. The van der Waals surface area contributed by atoms with Gasteiger partial charge in [0.15, 0.2) is 0 Å². The molecule has 0 unspecified atom stereocenters. The van der Waals surface area contributed by atoms with Crippen molar-refractivity contribution in [3.05, 3.63) is 29.3 Å². The summed E-state index contributed by atoms with van der Waals surface area (Å²) in [6.07, 6.45) is 3.34. The maximum Gasteiger partial charge on any atom is 0.243 e. The van der Waals surface area contributed by atoms with Gasteiger partial charge in [0, 0.05) is 30.2 Å². The Morgan fingerprint density at radius 1 is 1.35 bits per heavy atom. The molecule has 1 fully saturated rings. The summed E-state index contributed by atoms with van der Waals surface area (Å²) in [6, 6.07) is 6.10.